The smallest absolute Gasteiger partial charge is 0.196 e. The number of rotatable bonds is 9. The summed E-state index contributed by atoms with van der Waals surface area (Å²) >= 11 is 1.55. The van der Waals surface area contributed by atoms with Crippen LogP contribution >= 0.6 is 11.8 Å². The first-order valence-corrected chi connectivity index (χ1v) is 12.0. The number of halogens is 1. The number of H-pyrrole nitrogens is 1. The minimum absolute atomic E-state index is 0.282. The van der Waals surface area contributed by atoms with E-state index in [1.165, 1.54) is 12.1 Å². The molecule has 0 aliphatic carbocycles. The van der Waals surface area contributed by atoms with Crippen molar-refractivity contribution in [1.82, 2.24) is 19.7 Å². The van der Waals surface area contributed by atoms with Gasteiger partial charge in [0.05, 0.1) is 13.2 Å². The number of nitrogens with zero attached hydrogens (tertiary/aromatic N) is 3. The van der Waals surface area contributed by atoms with Gasteiger partial charge in [0.2, 0.25) is 0 Å². The first-order chi connectivity index (χ1) is 16.7. The van der Waals surface area contributed by atoms with Crippen LogP contribution in [0.3, 0.4) is 0 Å². The zero-order valence-corrected chi connectivity index (χ0v) is 19.4. The molecule has 0 aliphatic rings. The number of hydrogen-bond donors (Lipinski definition) is 1. The minimum Gasteiger partial charge on any atom is -0.494 e. The van der Waals surface area contributed by atoms with Gasteiger partial charge in [-0.1, -0.05) is 30.0 Å². The molecule has 2 heterocycles. The summed E-state index contributed by atoms with van der Waals surface area (Å²) in [6.07, 6.45) is 1.96. The number of ether oxygens (including phenoxy) is 2. The largest absolute Gasteiger partial charge is 0.494 e. The molecule has 8 heteroatoms. The maximum atomic E-state index is 13.1. The first kappa shape index (κ1) is 22.0. The second kappa shape index (κ2) is 10.0. The molecule has 6 nitrogen and oxygen atoms in total. The van der Waals surface area contributed by atoms with Crippen molar-refractivity contribution in [2.75, 3.05) is 19.0 Å². The van der Waals surface area contributed by atoms with Crippen LogP contribution < -0.4 is 9.47 Å². The van der Waals surface area contributed by atoms with Gasteiger partial charge >= 0.3 is 0 Å². The molecule has 2 aromatic heterocycles. The number of hydrogen-bond acceptors (Lipinski definition) is 5. The normalized spacial score (nSPS) is 11.1. The van der Waals surface area contributed by atoms with E-state index in [-0.39, 0.29) is 5.82 Å². The van der Waals surface area contributed by atoms with Gasteiger partial charge in [0, 0.05) is 34.1 Å². The monoisotopic (exact) mass is 474 g/mol. The van der Waals surface area contributed by atoms with Crippen molar-refractivity contribution in [2.45, 2.75) is 12.1 Å². The molecule has 0 radical (unpaired) electrons. The van der Waals surface area contributed by atoms with Crippen molar-refractivity contribution in [2.24, 2.45) is 0 Å². The number of thioether (sulfide) groups is 1. The number of nitrogens with one attached hydrogen (secondary N) is 1. The van der Waals surface area contributed by atoms with Gasteiger partial charge in [-0.05, 0) is 61.5 Å². The Morgan fingerprint density at radius 3 is 2.44 bits per heavy atom. The van der Waals surface area contributed by atoms with Crippen LogP contribution in [0.4, 0.5) is 4.39 Å². The van der Waals surface area contributed by atoms with Crippen molar-refractivity contribution in [1.29, 1.82) is 0 Å². The van der Waals surface area contributed by atoms with Gasteiger partial charge < -0.3 is 14.5 Å². The molecule has 1 N–H and O–H groups in total. The second-order valence-electron chi connectivity index (χ2n) is 7.47. The standard InChI is InChI=1S/C26H23FN4O2S/c1-2-32-20-13-9-19(10-14-20)31-25(23-17-28-24-6-4-3-5-22(23)24)29-30-26(31)34-16-15-33-21-11-7-18(27)8-12-21/h3-14,17,28H,2,15-16H2,1H3. The summed E-state index contributed by atoms with van der Waals surface area (Å²) in [5, 5.41) is 10.9. The molecule has 0 spiro atoms. The minimum atomic E-state index is -0.282. The molecule has 0 saturated heterocycles. The summed E-state index contributed by atoms with van der Waals surface area (Å²) < 4.78 is 26.5. The van der Waals surface area contributed by atoms with Crippen molar-refractivity contribution in [3.05, 3.63) is 84.8 Å². The van der Waals surface area contributed by atoms with E-state index in [2.05, 4.69) is 21.2 Å². The summed E-state index contributed by atoms with van der Waals surface area (Å²) in [6, 6.07) is 22.1. The van der Waals surface area contributed by atoms with Crippen LogP contribution in [0.15, 0.2) is 84.1 Å². The molecule has 5 rings (SSSR count). The first-order valence-electron chi connectivity index (χ1n) is 11.0. The summed E-state index contributed by atoms with van der Waals surface area (Å²) in [4.78, 5) is 3.32. The third-order valence-corrected chi connectivity index (χ3v) is 6.16. The van der Waals surface area contributed by atoms with Crippen molar-refractivity contribution in [3.8, 4) is 28.6 Å². The Bertz CT molecular complexity index is 1380. The van der Waals surface area contributed by atoms with Crippen LogP contribution in [0.5, 0.6) is 11.5 Å². The Morgan fingerprint density at radius 2 is 1.65 bits per heavy atom. The molecule has 5 aromatic rings. The van der Waals surface area contributed by atoms with Gasteiger partial charge in [0.25, 0.3) is 0 Å². The highest BCUT2D eigenvalue weighted by Gasteiger charge is 2.19. The van der Waals surface area contributed by atoms with Crippen LogP contribution in [0.25, 0.3) is 28.0 Å². The van der Waals surface area contributed by atoms with E-state index in [9.17, 15) is 4.39 Å². The topological polar surface area (TPSA) is 65.0 Å². The fourth-order valence-corrected chi connectivity index (χ4v) is 4.48. The summed E-state index contributed by atoms with van der Waals surface area (Å²) in [5.41, 5.74) is 2.96. The van der Waals surface area contributed by atoms with Gasteiger partial charge in [0.1, 0.15) is 17.3 Å². The Kier molecular flexibility index (Phi) is 6.49. The van der Waals surface area contributed by atoms with Gasteiger partial charge in [-0.2, -0.15) is 0 Å². The third kappa shape index (κ3) is 4.63. The van der Waals surface area contributed by atoms with Gasteiger partial charge in [0.15, 0.2) is 11.0 Å². The molecule has 0 fully saturated rings. The van der Waals surface area contributed by atoms with E-state index < -0.39 is 0 Å². The van der Waals surface area contributed by atoms with Crippen LogP contribution in [-0.2, 0) is 0 Å². The fourth-order valence-electron chi connectivity index (χ4n) is 3.71. The van der Waals surface area contributed by atoms with Gasteiger partial charge in [-0.25, -0.2) is 4.39 Å². The number of aromatic nitrogens is 4. The lowest BCUT2D eigenvalue weighted by Crippen LogP contribution is -2.03. The molecule has 0 saturated carbocycles. The van der Waals surface area contributed by atoms with Crippen molar-refractivity contribution >= 4 is 22.7 Å². The van der Waals surface area contributed by atoms with Gasteiger partial charge in [-0.15, -0.1) is 10.2 Å². The summed E-state index contributed by atoms with van der Waals surface area (Å²) in [7, 11) is 0. The van der Waals surface area contributed by atoms with E-state index in [1.807, 2.05) is 60.2 Å². The molecule has 0 atom stereocenters. The predicted molar refractivity (Wildman–Crippen MR) is 132 cm³/mol. The maximum absolute atomic E-state index is 13.1. The van der Waals surface area contributed by atoms with Gasteiger partial charge in [-0.3, -0.25) is 4.57 Å². The Morgan fingerprint density at radius 1 is 0.912 bits per heavy atom. The van der Waals surface area contributed by atoms with E-state index in [0.29, 0.717) is 24.7 Å². The lowest BCUT2D eigenvalue weighted by atomic mass is 10.1. The lowest BCUT2D eigenvalue weighted by molar-refractivity contribution is 0.340. The summed E-state index contributed by atoms with van der Waals surface area (Å²) in [5.74, 6) is 2.57. The van der Waals surface area contributed by atoms with E-state index in [1.54, 1.807) is 23.9 Å². The number of aromatic amines is 1. The molecule has 0 unspecified atom stereocenters. The zero-order valence-electron chi connectivity index (χ0n) is 18.6. The predicted octanol–water partition coefficient (Wildman–Crippen LogP) is 6.12. The fraction of sp³-hybridized carbons (Fsp3) is 0.154. The van der Waals surface area contributed by atoms with E-state index >= 15 is 0 Å². The quantitative estimate of drug-likeness (QED) is 0.206. The van der Waals surface area contributed by atoms with Crippen LogP contribution in [-0.4, -0.2) is 38.7 Å². The Hall–Kier alpha value is -3.78. The van der Waals surface area contributed by atoms with Crippen molar-refractivity contribution in [3.63, 3.8) is 0 Å². The summed E-state index contributed by atoms with van der Waals surface area (Å²) in [6.45, 7) is 3.03. The third-order valence-electron chi connectivity index (χ3n) is 5.27. The number of fused-ring (bicyclic) bond motifs is 1. The van der Waals surface area contributed by atoms with E-state index in [0.717, 1.165) is 38.9 Å². The molecular formula is C26H23FN4O2S. The maximum Gasteiger partial charge on any atom is 0.196 e. The average molecular weight is 475 g/mol. The molecule has 3 aromatic carbocycles. The zero-order chi connectivity index (χ0) is 23.3. The average Bonchev–Trinajstić information content (AvgIpc) is 3.48. The molecule has 0 aliphatic heterocycles. The highest BCUT2D eigenvalue weighted by Crippen LogP contribution is 2.33. The highest BCUT2D eigenvalue weighted by molar-refractivity contribution is 7.99. The molecular weight excluding hydrogens is 451 g/mol. The van der Waals surface area contributed by atoms with Crippen LogP contribution in [0, 0.1) is 5.82 Å². The molecule has 0 bridgehead atoms. The Labute approximate surface area is 200 Å². The molecule has 34 heavy (non-hydrogen) atoms. The second-order valence-corrected chi connectivity index (χ2v) is 8.53. The molecule has 172 valence electrons. The van der Waals surface area contributed by atoms with Crippen molar-refractivity contribution < 1.29 is 13.9 Å². The number of para-hydroxylation sites is 1. The Balaban J connectivity index is 1.43. The SMILES string of the molecule is CCOc1ccc(-n2c(SCCOc3ccc(F)cc3)nnc2-c2c[nH]c3ccccc23)cc1. The van der Waals surface area contributed by atoms with E-state index in [4.69, 9.17) is 9.47 Å². The highest BCUT2D eigenvalue weighted by atomic mass is 32.2. The molecule has 0 amide bonds. The van der Waals surface area contributed by atoms with Crippen LogP contribution in [0.2, 0.25) is 0 Å². The van der Waals surface area contributed by atoms with Crippen LogP contribution in [0.1, 0.15) is 6.92 Å². The lowest BCUT2D eigenvalue weighted by Gasteiger charge is -2.11. The number of benzene rings is 3.